The molecule has 9 heavy (non-hydrogen) atoms. The Labute approximate surface area is 54.3 Å². The minimum absolute atomic E-state index is 0.775. The summed E-state index contributed by atoms with van der Waals surface area (Å²) in [6.07, 6.45) is 0.941. The largest absolute Gasteiger partial charge is 0.493 e. The predicted octanol–water partition coefficient (Wildman–Crippen LogP) is 1.22. The summed E-state index contributed by atoms with van der Waals surface area (Å²) in [4.78, 5) is 0. The summed E-state index contributed by atoms with van der Waals surface area (Å²) in [6, 6.07) is 9.86. The summed E-state index contributed by atoms with van der Waals surface area (Å²) in [5, 5.41) is 0. The molecule has 0 fully saturated rings. The zero-order valence-corrected chi connectivity index (χ0v) is 4.98. The van der Waals surface area contributed by atoms with Crippen molar-refractivity contribution in [3.05, 3.63) is 29.8 Å². The van der Waals surface area contributed by atoms with Crippen molar-refractivity contribution < 1.29 is 4.74 Å². The Hall–Kier alpha value is -0.980. The average Bonchev–Trinajstić information content (AvgIpc) is 2.21. The smallest absolute Gasteiger partial charge is 0.120 e. The Bertz CT molecular complexity index is 177. The number of ether oxygens (including phenoxy) is 1. The molecule has 0 amide bonds. The van der Waals surface area contributed by atoms with Crippen molar-refractivity contribution >= 4 is 0 Å². The molecule has 0 saturated heterocycles. The Kier molecular flexibility index (Phi) is 0.950. The van der Waals surface area contributed by atoms with E-state index >= 15 is 0 Å². The van der Waals surface area contributed by atoms with Crippen LogP contribution >= 0.6 is 0 Å². The van der Waals surface area contributed by atoms with E-state index < -0.39 is 0 Å². The van der Waals surface area contributed by atoms with E-state index in [4.69, 9.17) is 4.74 Å². The second kappa shape index (κ2) is 1.76. The van der Waals surface area contributed by atoms with Gasteiger partial charge in [-0.15, -0.1) is 0 Å². The molecular formula is C8H6O. The van der Waals surface area contributed by atoms with Gasteiger partial charge in [0.2, 0.25) is 0 Å². The molecule has 2 bridgehead atoms. The second-order valence-electron chi connectivity index (χ2n) is 2.06. The van der Waals surface area contributed by atoms with Gasteiger partial charge in [-0.2, -0.15) is 0 Å². The van der Waals surface area contributed by atoms with Gasteiger partial charge >= 0.3 is 0 Å². The van der Waals surface area contributed by atoms with Crippen LogP contribution in [0.2, 0.25) is 0 Å². The number of rotatable bonds is 0. The molecule has 1 aromatic rings. The number of hydrogen-bond acceptors (Lipinski definition) is 1. The highest BCUT2D eigenvalue weighted by Gasteiger charge is 2.01. The van der Waals surface area contributed by atoms with Crippen LogP contribution in [0.25, 0.3) is 0 Å². The molecule has 44 valence electrons. The third kappa shape index (κ3) is 0.784. The van der Waals surface area contributed by atoms with Gasteiger partial charge in [-0.25, -0.2) is 0 Å². The summed E-state index contributed by atoms with van der Waals surface area (Å²) < 4.78 is 5.25. The molecule has 1 aromatic carbocycles. The van der Waals surface area contributed by atoms with E-state index in [9.17, 15) is 0 Å². The summed E-state index contributed by atoms with van der Waals surface area (Å²) in [6.45, 7) is 0.775. The van der Waals surface area contributed by atoms with Crippen LogP contribution in [0.15, 0.2) is 12.1 Å². The highest BCUT2D eigenvalue weighted by molar-refractivity contribution is 5.27. The van der Waals surface area contributed by atoms with Gasteiger partial charge in [-0.1, -0.05) is 0 Å². The zero-order chi connectivity index (χ0) is 6.10. The molecule has 2 radical (unpaired) electrons. The number of fused-ring (bicyclic) bond motifs is 4. The van der Waals surface area contributed by atoms with Gasteiger partial charge < -0.3 is 4.74 Å². The summed E-state index contributed by atoms with van der Waals surface area (Å²) in [5.74, 6) is 0.885. The Morgan fingerprint density at radius 1 is 1.33 bits per heavy atom. The fourth-order valence-electron chi connectivity index (χ4n) is 0.898. The molecule has 3 rings (SSSR count). The van der Waals surface area contributed by atoms with E-state index in [0.717, 1.165) is 24.3 Å². The fourth-order valence-corrected chi connectivity index (χ4v) is 0.898. The molecule has 1 nitrogen and oxygen atoms in total. The Morgan fingerprint density at radius 3 is 2.89 bits per heavy atom. The van der Waals surface area contributed by atoms with Gasteiger partial charge in [0.25, 0.3) is 0 Å². The first-order valence-corrected chi connectivity index (χ1v) is 3.00. The molecule has 0 atom stereocenters. The van der Waals surface area contributed by atoms with Crippen molar-refractivity contribution in [2.45, 2.75) is 6.42 Å². The first-order valence-electron chi connectivity index (χ1n) is 3.00. The van der Waals surface area contributed by atoms with E-state index in [1.54, 1.807) is 0 Å². The summed E-state index contributed by atoms with van der Waals surface area (Å²) >= 11 is 0. The van der Waals surface area contributed by atoms with Crippen molar-refractivity contribution in [1.82, 2.24) is 0 Å². The van der Waals surface area contributed by atoms with Crippen molar-refractivity contribution in [3.63, 3.8) is 0 Å². The molecule has 0 unspecified atom stereocenters. The van der Waals surface area contributed by atoms with Crippen LogP contribution < -0.4 is 4.74 Å². The van der Waals surface area contributed by atoms with Crippen LogP contribution in [0.3, 0.4) is 0 Å². The second-order valence-corrected chi connectivity index (χ2v) is 2.06. The lowest BCUT2D eigenvalue weighted by Crippen LogP contribution is -1.95. The normalized spacial score (nSPS) is 14.7. The highest BCUT2D eigenvalue weighted by Crippen LogP contribution is 2.15. The quantitative estimate of drug-likeness (QED) is 0.497. The van der Waals surface area contributed by atoms with E-state index in [2.05, 4.69) is 12.1 Å². The van der Waals surface area contributed by atoms with Crippen LogP contribution in [0.5, 0.6) is 5.75 Å². The van der Waals surface area contributed by atoms with Gasteiger partial charge in [0.15, 0.2) is 0 Å². The van der Waals surface area contributed by atoms with Crippen LogP contribution in [-0.4, -0.2) is 6.61 Å². The van der Waals surface area contributed by atoms with Gasteiger partial charge in [0.1, 0.15) is 5.75 Å². The maximum Gasteiger partial charge on any atom is 0.120 e. The van der Waals surface area contributed by atoms with E-state index in [1.807, 2.05) is 12.1 Å². The average molecular weight is 118 g/mol. The summed E-state index contributed by atoms with van der Waals surface area (Å²) in [5.41, 5.74) is 1.12. The molecule has 1 heteroatoms. The molecule has 0 spiro atoms. The molecule has 0 aromatic heterocycles. The fraction of sp³-hybridized carbons (Fsp3) is 0.250. The molecule has 2 heterocycles. The number of benzene rings is 1. The van der Waals surface area contributed by atoms with E-state index in [-0.39, 0.29) is 0 Å². The maximum atomic E-state index is 5.25. The molecule has 2 aliphatic heterocycles. The highest BCUT2D eigenvalue weighted by atomic mass is 16.5. The SMILES string of the molecule is [c]1cc2c[c]c1CCO2. The van der Waals surface area contributed by atoms with Gasteiger partial charge in [-0.3, -0.25) is 0 Å². The van der Waals surface area contributed by atoms with Crippen LogP contribution in [0.4, 0.5) is 0 Å². The standard InChI is InChI=1S/C8H6O/c1-3-8-4-2-7(1)5-6-9-8/h3-4H,5-6H2. The van der Waals surface area contributed by atoms with Crippen molar-refractivity contribution in [2.24, 2.45) is 0 Å². The van der Waals surface area contributed by atoms with Crippen molar-refractivity contribution in [3.8, 4) is 5.75 Å². The predicted molar refractivity (Wildman–Crippen MR) is 33.3 cm³/mol. The lowest BCUT2D eigenvalue weighted by atomic mass is 10.2. The third-order valence-electron chi connectivity index (χ3n) is 1.40. The van der Waals surface area contributed by atoms with Gasteiger partial charge in [0, 0.05) is 6.42 Å². The minimum Gasteiger partial charge on any atom is -0.493 e. The molecule has 0 aliphatic carbocycles. The lowest BCUT2D eigenvalue weighted by Gasteiger charge is -1.95. The van der Waals surface area contributed by atoms with Gasteiger partial charge in [0.05, 0.1) is 6.61 Å². The molecule has 0 N–H and O–H groups in total. The zero-order valence-electron chi connectivity index (χ0n) is 4.98. The van der Waals surface area contributed by atoms with Crippen LogP contribution in [-0.2, 0) is 6.42 Å². The first-order chi connectivity index (χ1) is 4.45. The van der Waals surface area contributed by atoms with Gasteiger partial charge in [-0.05, 0) is 29.8 Å². The lowest BCUT2D eigenvalue weighted by molar-refractivity contribution is 0.328. The molecule has 2 aliphatic rings. The monoisotopic (exact) mass is 118 g/mol. The number of hydrogen-bond donors (Lipinski definition) is 0. The minimum atomic E-state index is 0.775. The van der Waals surface area contributed by atoms with E-state index in [1.165, 1.54) is 0 Å². The van der Waals surface area contributed by atoms with Crippen molar-refractivity contribution in [2.75, 3.05) is 6.61 Å². The topological polar surface area (TPSA) is 9.23 Å². The summed E-state index contributed by atoms with van der Waals surface area (Å²) in [7, 11) is 0. The first kappa shape index (κ1) is 4.86. The molecule has 0 saturated carbocycles. The van der Waals surface area contributed by atoms with Crippen LogP contribution in [0.1, 0.15) is 5.56 Å². The third-order valence-corrected chi connectivity index (χ3v) is 1.40. The van der Waals surface area contributed by atoms with Crippen molar-refractivity contribution in [1.29, 1.82) is 0 Å². The Morgan fingerprint density at radius 2 is 2.11 bits per heavy atom. The maximum absolute atomic E-state index is 5.25. The van der Waals surface area contributed by atoms with E-state index in [0.29, 0.717) is 0 Å². The Balaban J connectivity index is 2.53. The van der Waals surface area contributed by atoms with Crippen LogP contribution in [0, 0.1) is 12.1 Å². The molecular weight excluding hydrogens is 112 g/mol.